The van der Waals surface area contributed by atoms with E-state index in [2.05, 4.69) is 4.98 Å². The zero-order valence-corrected chi connectivity index (χ0v) is 11.5. The number of aliphatic hydroxyl groups is 1. The largest absolute Gasteiger partial charge is 0.477 e. The first-order valence-electron chi connectivity index (χ1n) is 6.26. The summed E-state index contributed by atoms with van der Waals surface area (Å²) in [7, 11) is 0. The topological polar surface area (TPSA) is 93.6 Å². The van der Waals surface area contributed by atoms with Crippen molar-refractivity contribution in [2.24, 2.45) is 0 Å². The molecular weight excluding hydrogens is 248 g/mol. The Morgan fingerprint density at radius 2 is 1.95 bits per heavy atom. The van der Waals surface area contributed by atoms with Gasteiger partial charge in [0, 0.05) is 25.4 Å². The summed E-state index contributed by atoms with van der Waals surface area (Å²) >= 11 is 0. The first-order chi connectivity index (χ1) is 8.93. The van der Waals surface area contributed by atoms with E-state index in [1.807, 2.05) is 6.92 Å². The van der Waals surface area contributed by atoms with Crippen molar-refractivity contribution >= 4 is 11.9 Å². The van der Waals surface area contributed by atoms with Crippen LogP contribution in [0.25, 0.3) is 0 Å². The standard InChI is InChI=1S/C13H20N2O4/c1-4-15(6-5-7-16)12(17)10-8(2)11(13(18)19)14-9(10)3/h14,16H,4-7H2,1-3H3,(H,18,19). The van der Waals surface area contributed by atoms with Gasteiger partial charge < -0.3 is 20.1 Å². The molecule has 0 atom stereocenters. The number of aromatic nitrogens is 1. The van der Waals surface area contributed by atoms with Crippen molar-refractivity contribution < 1.29 is 19.8 Å². The molecule has 0 fully saturated rings. The van der Waals surface area contributed by atoms with Gasteiger partial charge in [-0.15, -0.1) is 0 Å². The molecule has 19 heavy (non-hydrogen) atoms. The van der Waals surface area contributed by atoms with E-state index >= 15 is 0 Å². The van der Waals surface area contributed by atoms with Gasteiger partial charge in [-0.3, -0.25) is 4.79 Å². The highest BCUT2D eigenvalue weighted by molar-refractivity contribution is 6.00. The van der Waals surface area contributed by atoms with E-state index in [0.717, 1.165) is 0 Å². The number of aromatic amines is 1. The van der Waals surface area contributed by atoms with Crippen LogP contribution in [0, 0.1) is 13.8 Å². The Morgan fingerprint density at radius 3 is 2.37 bits per heavy atom. The molecule has 0 unspecified atom stereocenters. The Balaban J connectivity index is 3.08. The summed E-state index contributed by atoms with van der Waals surface area (Å²) in [4.78, 5) is 27.8. The number of amides is 1. The minimum Gasteiger partial charge on any atom is -0.477 e. The van der Waals surface area contributed by atoms with Crippen LogP contribution in [-0.4, -0.2) is 51.7 Å². The van der Waals surface area contributed by atoms with E-state index in [1.165, 1.54) is 0 Å². The van der Waals surface area contributed by atoms with Crippen LogP contribution in [0.5, 0.6) is 0 Å². The Kier molecular flexibility index (Phi) is 5.11. The highest BCUT2D eigenvalue weighted by Gasteiger charge is 2.24. The van der Waals surface area contributed by atoms with E-state index in [9.17, 15) is 9.59 Å². The minimum absolute atomic E-state index is 0.0231. The number of rotatable bonds is 6. The van der Waals surface area contributed by atoms with Gasteiger partial charge >= 0.3 is 5.97 Å². The molecule has 0 saturated carbocycles. The summed E-state index contributed by atoms with van der Waals surface area (Å²) in [5, 5.41) is 17.9. The molecule has 0 spiro atoms. The van der Waals surface area contributed by atoms with Gasteiger partial charge in [-0.2, -0.15) is 0 Å². The van der Waals surface area contributed by atoms with E-state index < -0.39 is 5.97 Å². The molecule has 0 aliphatic carbocycles. The van der Waals surface area contributed by atoms with Gasteiger partial charge in [0.15, 0.2) is 0 Å². The predicted octanol–water partition coefficient (Wildman–Crippen LogP) is 1.17. The molecule has 0 radical (unpaired) electrons. The average Bonchev–Trinajstić information content (AvgIpc) is 2.65. The number of aryl methyl sites for hydroxylation is 1. The van der Waals surface area contributed by atoms with Crippen LogP contribution in [0.4, 0.5) is 0 Å². The second-order valence-corrected chi connectivity index (χ2v) is 4.39. The van der Waals surface area contributed by atoms with Gasteiger partial charge in [-0.05, 0) is 32.8 Å². The first-order valence-corrected chi connectivity index (χ1v) is 6.26. The maximum atomic E-state index is 12.4. The monoisotopic (exact) mass is 268 g/mol. The van der Waals surface area contributed by atoms with Crippen molar-refractivity contribution in [3.05, 3.63) is 22.5 Å². The van der Waals surface area contributed by atoms with Crippen molar-refractivity contribution in [3.63, 3.8) is 0 Å². The van der Waals surface area contributed by atoms with Crippen LogP contribution in [-0.2, 0) is 0 Å². The Bertz CT molecular complexity index is 479. The maximum absolute atomic E-state index is 12.4. The van der Waals surface area contributed by atoms with E-state index in [1.54, 1.807) is 18.7 Å². The summed E-state index contributed by atoms with van der Waals surface area (Å²) in [5.41, 5.74) is 1.48. The SMILES string of the molecule is CCN(CCCO)C(=O)c1c(C)[nH]c(C(=O)O)c1C. The highest BCUT2D eigenvalue weighted by Crippen LogP contribution is 2.20. The fraction of sp³-hybridized carbons (Fsp3) is 0.538. The van der Waals surface area contributed by atoms with Crippen molar-refractivity contribution in [2.45, 2.75) is 27.2 Å². The molecule has 106 valence electrons. The summed E-state index contributed by atoms with van der Waals surface area (Å²) in [6, 6.07) is 0. The number of nitrogens with one attached hydrogen (secondary N) is 1. The summed E-state index contributed by atoms with van der Waals surface area (Å²) in [6.07, 6.45) is 0.508. The highest BCUT2D eigenvalue weighted by atomic mass is 16.4. The molecular formula is C13H20N2O4. The molecule has 1 amide bonds. The van der Waals surface area contributed by atoms with Gasteiger partial charge in [0.2, 0.25) is 0 Å². The summed E-state index contributed by atoms with van der Waals surface area (Å²) < 4.78 is 0. The van der Waals surface area contributed by atoms with E-state index in [0.29, 0.717) is 36.3 Å². The summed E-state index contributed by atoms with van der Waals surface area (Å²) in [5.74, 6) is -1.27. The number of aliphatic hydroxyl groups excluding tert-OH is 1. The predicted molar refractivity (Wildman–Crippen MR) is 70.5 cm³/mol. The zero-order chi connectivity index (χ0) is 14.6. The number of hydrogen-bond donors (Lipinski definition) is 3. The van der Waals surface area contributed by atoms with E-state index in [4.69, 9.17) is 10.2 Å². The van der Waals surface area contributed by atoms with Gasteiger partial charge in [0.1, 0.15) is 5.69 Å². The second-order valence-electron chi connectivity index (χ2n) is 4.39. The molecule has 1 aromatic heterocycles. The third-order valence-corrected chi connectivity index (χ3v) is 3.12. The normalized spacial score (nSPS) is 10.5. The molecule has 1 aromatic rings. The number of H-pyrrole nitrogens is 1. The number of carbonyl (C=O) groups is 2. The third kappa shape index (κ3) is 3.14. The van der Waals surface area contributed by atoms with Gasteiger partial charge in [0.25, 0.3) is 5.91 Å². The number of carboxylic acids is 1. The number of carboxylic acid groups (broad SMARTS) is 1. The minimum atomic E-state index is -1.07. The smallest absolute Gasteiger partial charge is 0.352 e. The van der Waals surface area contributed by atoms with Crippen LogP contribution in [0.15, 0.2) is 0 Å². The van der Waals surface area contributed by atoms with Gasteiger partial charge in [-0.25, -0.2) is 4.79 Å². The average molecular weight is 268 g/mol. The number of nitrogens with zero attached hydrogens (tertiary/aromatic N) is 1. The lowest BCUT2D eigenvalue weighted by Gasteiger charge is -2.20. The number of aromatic carboxylic acids is 1. The molecule has 6 heteroatoms. The quantitative estimate of drug-likeness (QED) is 0.722. The number of carbonyl (C=O) groups excluding carboxylic acids is 1. The lowest BCUT2D eigenvalue weighted by atomic mass is 10.1. The van der Waals surface area contributed by atoms with Crippen LogP contribution < -0.4 is 0 Å². The molecule has 0 saturated heterocycles. The maximum Gasteiger partial charge on any atom is 0.352 e. The van der Waals surface area contributed by atoms with Crippen molar-refractivity contribution in [1.82, 2.24) is 9.88 Å². The van der Waals surface area contributed by atoms with E-state index in [-0.39, 0.29) is 18.2 Å². The molecule has 0 aliphatic rings. The molecule has 0 aliphatic heterocycles. The fourth-order valence-electron chi connectivity index (χ4n) is 2.11. The first kappa shape index (κ1) is 15.2. The molecule has 1 heterocycles. The third-order valence-electron chi connectivity index (χ3n) is 3.12. The molecule has 3 N–H and O–H groups in total. The molecule has 6 nitrogen and oxygen atoms in total. The van der Waals surface area contributed by atoms with Crippen LogP contribution in [0.1, 0.15) is 45.4 Å². The van der Waals surface area contributed by atoms with Crippen LogP contribution in [0.3, 0.4) is 0 Å². The number of hydrogen-bond acceptors (Lipinski definition) is 3. The Hall–Kier alpha value is -1.82. The van der Waals surface area contributed by atoms with Gasteiger partial charge in [0.05, 0.1) is 5.56 Å². The second kappa shape index (κ2) is 6.38. The lowest BCUT2D eigenvalue weighted by molar-refractivity contribution is 0.0690. The lowest BCUT2D eigenvalue weighted by Crippen LogP contribution is -2.32. The molecule has 0 aromatic carbocycles. The zero-order valence-electron chi connectivity index (χ0n) is 11.5. The van der Waals surface area contributed by atoms with Crippen molar-refractivity contribution in [2.75, 3.05) is 19.7 Å². The molecule has 1 rings (SSSR count). The van der Waals surface area contributed by atoms with Crippen LogP contribution >= 0.6 is 0 Å². The van der Waals surface area contributed by atoms with Crippen molar-refractivity contribution in [3.8, 4) is 0 Å². The Morgan fingerprint density at radius 1 is 1.32 bits per heavy atom. The molecule has 0 bridgehead atoms. The fourth-order valence-corrected chi connectivity index (χ4v) is 2.11. The summed E-state index contributed by atoms with van der Waals surface area (Å²) in [6.45, 7) is 6.16. The van der Waals surface area contributed by atoms with Crippen molar-refractivity contribution in [1.29, 1.82) is 0 Å². The Labute approximate surface area is 112 Å². The van der Waals surface area contributed by atoms with Crippen LogP contribution in [0.2, 0.25) is 0 Å². The van der Waals surface area contributed by atoms with Gasteiger partial charge in [-0.1, -0.05) is 0 Å².